The molecule has 0 saturated heterocycles. The van der Waals surface area contributed by atoms with Crippen molar-refractivity contribution in [1.29, 1.82) is 0 Å². The molecule has 7 nitrogen and oxygen atoms in total. The van der Waals surface area contributed by atoms with E-state index in [9.17, 15) is 18.0 Å². The highest BCUT2D eigenvalue weighted by atomic mass is 32.2. The smallest absolute Gasteiger partial charge is 0.338 e. The fourth-order valence-electron chi connectivity index (χ4n) is 2.51. The minimum atomic E-state index is -4.00. The van der Waals surface area contributed by atoms with Crippen molar-refractivity contribution in [3.05, 3.63) is 58.7 Å². The second kappa shape index (κ2) is 8.22. The van der Waals surface area contributed by atoms with Crippen LogP contribution in [0, 0.1) is 13.8 Å². The quantitative estimate of drug-likeness (QED) is 0.760. The van der Waals surface area contributed by atoms with Crippen LogP contribution >= 0.6 is 0 Å². The molecule has 0 amide bonds. The van der Waals surface area contributed by atoms with Gasteiger partial charge in [0.1, 0.15) is 0 Å². The molecule has 27 heavy (non-hydrogen) atoms. The second-order valence-electron chi connectivity index (χ2n) is 5.78. The number of nitrogens with one attached hydrogen (secondary N) is 1. The van der Waals surface area contributed by atoms with Crippen LogP contribution < -0.4 is 4.72 Å². The largest absolute Gasteiger partial charge is 0.465 e. The Bertz CT molecular complexity index is 982. The van der Waals surface area contributed by atoms with Crippen LogP contribution in [0.3, 0.4) is 0 Å². The van der Waals surface area contributed by atoms with Gasteiger partial charge in [0.05, 0.1) is 35.4 Å². The Kier molecular flexibility index (Phi) is 6.22. The average Bonchev–Trinajstić information content (AvgIpc) is 2.63. The molecule has 2 aromatic carbocycles. The molecule has 0 saturated carbocycles. The van der Waals surface area contributed by atoms with Crippen molar-refractivity contribution in [2.24, 2.45) is 0 Å². The SMILES string of the molecule is CCOC(=O)c1cccc(NS(=O)(=O)c2cc(C(=O)OC)ccc2C)c1C. The predicted molar refractivity (Wildman–Crippen MR) is 100 cm³/mol. The van der Waals surface area contributed by atoms with E-state index in [4.69, 9.17) is 4.74 Å². The Morgan fingerprint density at radius 1 is 1.07 bits per heavy atom. The molecule has 0 heterocycles. The van der Waals surface area contributed by atoms with Gasteiger partial charge in [-0.1, -0.05) is 12.1 Å². The number of hydrogen-bond acceptors (Lipinski definition) is 6. The first kappa shape index (κ1) is 20.4. The van der Waals surface area contributed by atoms with Gasteiger partial charge in [-0.25, -0.2) is 18.0 Å². The zero-order valence-electron chi connectivity index (χ0n) is 15.5. The number of anilines is 1. The summed E-state index contributed by atoms with van der Waals surface area (Å²) in [7, 11) is -2.77. The van der Waals surface area contributed by atoms with E-state index in [2.05, 4.69) is 9.46 Å². The molecule has 0 aromatic heterocycles. The van der Waals surface area contributed by atoms with Crippen molar-refractivity contribution in [2.75, 3.05) is 18.4 Å². The summed E-state index contributed by atoms with van der Waals surface area (Å²) in [6.07, 6.45) is 0. The van der Waals surface area contributed by atoms with Crippen molar-refractivity contribution < 1.29 is 27.5 Å². The topological polar surface area (TPSA) is 98.8 Å². The molecular weight excluding hydrogens is 370 g/mol. The van der Waals surface area contributed by atoms with Gasteiger partial charge in [0, 0.05) is 0 Å². The van der Waals surface area contributed by atoms with Crippen LogP contribution in [-0.4, -0.2) is 34.1 Å². The summed E-state index contributed by atoms with van der Waals surface area (Å²) in [5.74, 6) is -1.16. The Morgan fingerprint density at radius 2 is 1.78 bits per heavy atom. The number of rotatable bonds is 6. The molecule has 0 aliphatic rings. The lowest BCUT2D eigenvalue weighted by molar-refractivity contribution is 0.0524. The highest BCUT2D eigenvalue weighted by molar-refractivity contribution is 7.92. The van der Waals surface area contributed by atoms with Crippen molar-refractivity contribution in [3.8, 4) is 0 Å². The molecule has 0 aliphatic heterocycles. The number of methoxy groups -OCH3 is 1. The number of carbonyl (C=O) groups excluding carboxylic acids is 2. The summed E-state index contributed by atoms with van der Waals surface area (Å²) in [6.45, 7) is 5.16. The molecule has 0 bridgehead atoms. The fourth-order valence-corrected chi connectivity index (χ4v) is 3.91. The lowest BCUT2D eigenvalue weighted by atomic mass is 10.1. The molecule has 1 N–H and O–H groups in total. The summed E-state index contributed by atoms with van der Waals surface area (Å²) in [6, 6.07) is 8.96. The van der Waals surface area contributed by atoms with E-state index in [-0.39, 0.29) is 28.3 Å². The first-order valence-corrected chi connectivity index (χ1v) is 9.68. The Labute approximate surface area is 158 Å². The average molecular weight is 391 g/mol. The molecule has 2 rings (SSSR count). The van der Waals surface area contributed by atoms with Gasteiger partial charge in [-0.05, 0) is 56.2 Å². The summed E-state index contributed by atoms with van der Waals surface area (Å²) in [5, 5.41) is 0. The van der Waals surface area contributed by atoms with Gasteiger partial charge < -0.3 is 9.47 Å². The Morgan fingerprint density at radius 3 is 2.41 bits per heavy atom. The maximum atomic E-state index is 12.9. The molecule has 0 fully saturated rings. The first-order valence-electron chi connectivity index (χ1n) is 8.19. The number of ether oxygens (including phenoxy) is 2. The summed E-state index contributed by atoms with van der Waals surface area (Å²) >= 11 is 0. The lowest BCUT2D eigenvalue weighted by Crippen LogP contribution is -2.17. The van der Waals surface area contributed by atoms with E-state index in [1.165, 1.54) is 25.3 Å². The standard InChI is InChI=1S/C19H21NO6S/c1-5-26-19(22)15-7-6-8-16(13(15)3)20-27(23,24)17-11-14(18(21)25-4)10-9-12(17)2/h6-11,20H,5H2,1-4H3. The van der Waals surface area contributed by atoms with E-state index in [0.29, 0.717) is 11.1 Å². The maximum Gasteiger partial charge on any atom is 0.338 e. The highest BCUT2D eigenvalue weighted by Gasteiger charge is 2.22. The molecule has 0 radical (unpaired) electrons. The maximum absolute atomic E-state index is 12.9. The minimum absolute atomic E-state index is 0.0497. The number of aryl methyl sites for hydroxylation is 1. The molecule has 0 unspecified atom stereocenters. The summed E-state index contributed by atoms with van der Waals surface area (Å²) in [4.78, 5) is 23.7. The van der Waals surface area contributed by atoms with Crippen molar-refractivity contribution in [1.82, 2.24) is 0 Å². The number of carbonyl (C=O) groups is 2. The third kappa shape index (κ3) is 4.46. The van der Waals surface area contributed by atoms with E-state index >= 15 is 0 Å². The van der Waals surface area contributed by atoms with Crippen LogP contribution in [0.15, 0.2) is 41.3 Å². The third-order valence-corrected chi connectivity index (χ3v) is 5.48. The molecule has 144 valence electrons. The highest BCUT2D eigenvalue weighted by Crippen LogP contribution is 2.25. The minimum Gasteiger partial charge on any atom is -0.465 e. The predicted octanol–water partition coefficient (Wildman–Crippen LogP) is 3.07. The van der Waals surface area contributed by atoms with Crippen LogP contribution in [0.4, 0.5) is 5.69 Å². The molecule has 8 heteroatoms. The van der Waals surface area contributed by atoms with E-state index in [0.717, 1.165) is 0 Å². The van der Waals surface area contributed by atoms with Crippen molar-refractivity contribution in [3.63, 3.8) is 0 Å². The Hall–Kier alpha value is -2.87. The molecular formula is C19H21NO6S. The zero-order chi connectivity index (χ0) is 20.2. The molecule has 2 aromatic rings. The first-order chi connectivity index (χ1) is 12.7. The van der Waals surface area contributed by atoms with Crippen LogP contribution in [0.1, 0.15) is 38.8 Å². The third-order valence-electron chi connectivity index (χ3n) is 3.97. The summed E-state index contributed by atoms with van der Waals surface area (Å²) in [5.41, 5.74) is 1.57. The van der Waals surface area contributed by atoms with E-state index in [1.54, 1.807) is 39.0 Å². The fraction of sp³-hybridized carbons (Fsp3) is 0.263. The van der Waals surface area contributed by atoms with Gasteiger partial charge in [-0.3, -0.25) is 4.72 Å². The van der Waals surface area contributed by atoms with Gasteiger partial charge in [-0.15, -0.1) is 0 Å². The van der Waals surface area contributed by atoms with Gasteiger partial charge >= 0.3 is 11.9 Å². The van der Waals surface area contributed by atoms with E-state index < -0.39 is 22.0 Å². The molecule has 0 aliphatic carbocycles. The summed E-state index contributed by atoms with van der Waals surface area (Å²) < 4.78 is 37.8. The van der Waals surface area contributed by atoms with Gasteiger partial charge in [0.15, 0.2) is 0 Å². The van der Waals surface area contributed by atoms with Gasteiger partial charge in [-0.2, -0.15) is 0 Å². The van der Waals surface area contributed by atoms with E-state index in [1.807, 2.05) is 0 Å². The lowest BCUT2D eigenvalue weighted by Gasteiger charge is -2.15. The zero-order valence-corrected chi connectivity index (χ0v) is 16.3. The van der Waals surface area contributed by atoms with Gasteiger partial charge in [0.2, 0.25) is 0 Å². The number of esters is 2. The van der Waals surface area contributed by atoms with Gasteiger partial charge in [0.25, 0.3) is 10.0 Å². The Balaban J connectivity index is 2.44. The number of hydrogen-bond donors (Lipinski definition) is 1. The van der Waals surface area contributed by atoms with Crippen LogP contribution in [0.25, 0.3) is 0 Å². The number of benzene rings is 2. The molecule has 0 atom stereocenters. The van der Waals surface area contributed by atoms with Crippen LogP contribution in [0.5, 0.6) is 0 Å². The normalized spacial score (nSPS) is 11.0. The second-order valence-corrected chi connectivity index (χ2v) is 7.43. The van der Waals surface area contributed by atoms with Crippen molar-refractivity contribution in [2.45, 2.75) is 25.7 Å². The van der Waals surface area contributed by atoms with Crippen LogP contribution in [-0.2, 0) is 19.5 Å². The number of sulfonamides is 1. The monoisotopic (exact) mass is 391 g/mol. The molecule has 0 spiro atoms. The van der Waals surface area contributed by atoms with Crippen LogP contribution in [0.2, 0.25) is 0 Å². The van der Waals surface area contributed by atoms with Crippen molar-refractivity contribution >= 4 is 27.6 Å².